The van der Waals surface area contributed by atoms with E-state index in [1.165, 1.54) is 6.92 Å². The zero-order chi connectivity index (χ0) is 18.7. The Morgan fingerprint density at radius 3 is 2.62 bits per heavy atom. The third-order valence-corrected chi connectivity index (χ3v) is 5.28. The van der Waals surface area contributed by atoms with Gasteiger partial charge in [0.25, 0.3) is 0 Å². The van der Waals surface area contributed by atoms with Gasteiger partial charge in [0.2, 0.25) is 5.54 Å². The Balaban J connectivity index is 1.92. The maximum absolute atomic E-state index is 13.0. The van der Waals surface area contributed by atoms with E-state index in [2.05, 4.69) is 11.4 Å². The fourth-order valence-corrected chi connectivity index (χ4v) is 4.23. The van der Waals surface area contributed by atoms with Crippen LogP contribution in [-0.4, -0.2) is 23.2 Å². The molecule has 2 aliphatic heterocycles. The van der Waals surface area contributed by atoms with E-state index < -0.39 is 23.3 Å². The molecule has 4 rings (SSSR count). The van der Waals surface area contributed by atoms with Crippen molar-refractivity contribution in [3.63, 3.8) is 0 Å². The molecule has 1 aromatic carbocycles. The number of esters is 1. The number of Topliss-reactive ketones (excluding diaryl/α,β-unsaturated/α-hetero) is 1. The van der Waals surface area contributed by atoms with Crippen LogP contribution in [0.1, 0.15) is 45.1 Å². The van der Waals surface area contributed by atoms with Crippen LogP contribution >= 0.6 is 0 Å². The van der Waals surface area contributed by atoms with Crippen LogP contribution in [0.25, 0.3) is 0 Å². The van der Waals surface area contributed by atoms with Gasteiger partial charge in [-0.1, -0.05) is 44.2 Å². The molecular weight excluding hydrogens is 332 g/mol. The number of ketones is 1. The molecule has 26 heavy (non-hydrogen) atoms. The lowest BCUT2D eigenvalue weighted by atomic mass is 9.68. The smallest absolute Gasteiger partial charge is 0.351 e. The second-order valence-corrected chi connectivity index (χ2v) is 7.98. The first-order chi connectivity index (χ1) is 12.2. The van der Waals surface area contributed by atoms with Gasteiger partial charge in [0.05, 0.1) is 12.0 Å². The molecule has 3 atom stereocenters. The lowest BCUT2D eigenvalue weighted by Gasteiger charge is -2.40. The second kappa shape index (κ2) is 5.18. The Hall–Kier alpha value is -2.65. The van der Waals surface area contributed by atoms with Gasteiger partial charge in [-0.05, 0) is 11.0 Å². The van der Waals surface area contributed by atoms with Crippen LogP contribution in [0.4, 0.5) is 0 Å². The Morgan fingerprint density at radius 2 is 2.00 bits per heavy atom. The zero-order valence-corrected chi connectivity index (χ0v) is 15.0. The van der Waals surface area contributed by atoms with Crippen LogP contribution in [0.15, 0.2) is 41.7 Å². The van der Waals surface area contributed by atoms with E-state index >= 15 is 0 Å². The van der Waals surface area contributed by atoms with Gasteiger partial charge in [-0.2, -0.15) is 5.26 Å². The number of nitrogens with zero attached hydrogens (tertiary/aromatic N) is 1. The molecule has 1 saturated heterocycles. The number of ether oxygens (including phenoxy) is 2. The topological polar surface area (TPSA) is 98.3 Å². The van der Waals surface area contributed by atoms with Crippen molar-refractivity contribution in [3.05, 3.63) is 47.2 Å². The normalized spacial score (nSPS) is 34.1. The molecule has 2 heterocycles. The quantitative estimate of drug-likeness (QED) is 0.649. The van der Waals surface area contributed by atoms with Crippen molar-refractivity contribution in [1.82, 2.24) is 5.32 Å². The van der Waals surface area contributed by atoms with Crippen molar-refractivity contribution in [2.45, 2.75) is 51.0 Å². The number of nitriles is 1. The predicted molar refractivity (Wildman–Crippen MR) is 91.3 cm³/mol. The summed E-state index contributed by atoms with van der Waals surface area (Å²) in [5.41, 5.74) is -0.226. The van der Waals surface area contributed by atoms with Crippen LogP contribution in [0, 0.1) is 16.7 Å². The fourth-order valence-electron chi connectivity index (χ4n) is 4.23. The van der Waals surface area contributed by atoms with Crippen molar-refractivity contribution < 1.29 is 19.1 Å². The number of allylic oxidation sites excluding steroid dienone is 1. The number of fused-ring (bicyclic) bond motifs is 1. The highest BCUT2D eigenvalue weighted by Gasteiger charge is 2.82. The van der Waals surface area contributed by atoms with Crippen molar-refractivity contribution >= 4 is 11.8 Å². The van der Waals surface area contributed by atoms with Gasteiger partial charge in [-0.25, -0.2) is 5.32 Å². The Labute approximate surface area is 151 Å². The van der Waals surface area contributed by atoms with Crippen molar-refractivity contribution in [2.75, 3.05) is 0 Å². The summed E-state index contributed by atoms with van der Waals surface area (Å²) in [5, 5.41) is 12.9. The van der Waals surface area contributed by atoms with E-state index in [-0.39, 0.29) is 11.2 Å². The van der Waals surface area contributed by atoms with Crippen molar-refractivity contribution in [2.24, 2.45) is 5.41 Å². The molecule has 1 fully saturated rings. The molecule has 0 amide bonds. The molecule has 3 unspecified atom stereocenters. The van der Waals surface area contributed by atoms with Gasteiger partial charge < -0.3 is 9.47 Å². The molecule has 3 aliphatic rings. The molecule has 1 N–H and O–H groups in total. The van der Waals surface area contributed by atoms with Crippen LogP contribution in [-0.2, 0) is 19.1 Å². The van der Waals surface area contributed by atoms with Crippen LogP contribution in [0.2, 0.25) is 0 Å². The molecule has 0 saturated carbocycles. The molecule has 0 aromatic heterocycles. The number of carbonyl (C=O) groups excluding carboxylic acids is 2. The van der Waals surface area contributed by atoms with Crippen molar-refractivity contribution in [3.8, 4) is 6.07 Å². The number of hydrogen-bond acceptors (Lipinski definition) is 6. The molecule has 0 bridgehead atoms. The van der Waals surface area contributed by atoms with Gasteiger partial charge in [-0.15, -0.1) is 0 Å². The molecular formula is C20H20N2O4. The zero-order valence-electron chi connectivity index (χ0n) is 15.0. The number of benzene rings is 1. The largest absolute Gasteiger partial charge is 0.441 e. The Morgan fingerprint density at radius 1 is 1.31 bits per heavy atom. The van der Waals surface area contributed by atoms with Gasteiger partial charge in [0, 0.05) is 25.3 Å². The standard InChI is InChI=1S/C20H20N2O4/c1-12(23)25-20-19(11-21,22-20)17(13-7-5-4-6-8-13)16-14(24)9-18(2,3)10-15(16)26-20/h4-8,17,22H,9-10H2,1-3H3. The van der Waals surface area contributed by atoms with E-state index in [0.29, 0.717) is 24.2 Å². The highest BCUT2D eigenvalue weighted by atomic mass is 16.8. The van der Waals surface area contributed by atoms with E-state index in [1.54, 1.807) is 0 Å². The Bertz CT molecular complexity index is 883. The molecule has 0 radical (unpaired) electrons. The summed E-state index contributed by atoms with van der Waals surface area (Å²) in [6, 6.07) is 11.6. The highest BCUT2D eigenvalue weighted by Crippen LogP contribution is 2.60. The third-order valence-electron chi connectivity index (χ3n) is 5.28. The monoisotopic (exact) mass is 352 g/mol. The highest BCUT2D eigenvalue weighted by molar-refractivity contribution is 6.00. The molecule has 1 aromatic rings. The average molecular weight is 352 g/mol. The minimum atomic E-state index is -1.54. The summed E-state index contributed by atoms with van der Waals surface area (Å²) >= 11 is 0. The Kier molecular flexibility index (Phi) is 3.35. The first-order valence-corrected chi connectivity index (χ1v) is 8.64. The first-order valence-electron chi connectivity index (χ1n) is 8.64. The van der Waals surface area contributed by atoms with Crippen molar-refractivity contribution in [1.29, 1.82) is 5.26 Å². The first kappa shape index (κ1) is 16.8. The van der Waals surface area contributed by atoms with E-state index in [4.69, 9.17) is 9.47 Å². The van der Waals surface area contributed by atoms with E-state index in [9.17, 15) is 14.9 Å². The summed E-state index contributed by atoms with van der Waals surface area (Å²) in [6.07, 6.45) is 0.935. The molecule has 134 valence electrons. The summed E-state index contributed by atoms with van der Waals surface area (Å²) in [4.78, 5) is 24.7. The van der Waals surface area contributed by atoms with Gasteiger partial charge >= 0.3 is 11.9 Å². The summed E-state index contributed by atoms with van der Waals surface area (Å²) in [5.74, 6) is -2.16. The van der Waals surface area contributed by atoms with Crippen LogP contribution < -0.4 is 5.32 Å². The maximum atomic E-state index is 13.0. The van der Waals surface area contributed by atoms with E-state index in [0.717, 1.165) is 5.56 Å². The minimum Gasteiger partial charge on any atom is -0.441 e. The fraction of sp³-hybridized carbons (Fsp3) is 0.450. The summed E-state index contributed by atoms with van der Waals surface area (Å²) in [6.45, 7) is 5.28. The molecule has 6 heteroatoms. The van der Waals surface area contributed by atoms with Gasteiger partial charge in [0.1, 0.15) is 5.76 Å². The summed E-state index contributed by atoms with van der Waals surface area (Å²) < 4.78 is 11.4. The van der Waals surface area contributed by atoms with Gasteiger partial charge in [-0.3, -0.25) is 9.59 Å². The average Bonchev–Trinajstić information content (AvgIpc) is 3.19. The minimum absolute atomic E-state index is 0.0233. The molecule has 6 nitrogen and oxygen atoms in total. The van der Waals surface area contributed by atoms with Crippen LogP contribution in [0.3, 0.4) is 0 Å². The lowest BCUT2D eigenvalue weighted by molar-refractivity contribution is -0.188. The SMILES string of the molecule is CC(=O)OC12NC1(C#N)C(c1ccccc1)C1=C(CC(C)(C)CC1=O)O2. The lowest BCUT2D eigenvalue weighted by Crippen LogP contribution is -2.45. The number of rotatable bonds is 2. The molecule has 0 spiro atoms. The third kappa shape index (κ3) is 2.20. The van der Waals surface area contributed by atoms with E-state index in [1.807, 2.05) is 44.2 Å². The number of hydrogen-bond donors (Lipinski definition) is 1. The maximum Gasteiger partial charge on any atom is 0.351 e. The number of carbonyl (C=O) groups is 2. The second-order valence-electron chi connectivity index (χ2n) is 7.98. The molecule has 1 aliphatic carbocycles. The van der Waals surface area contributed by atoms with Crippen LogP contribution in [0.5, 0.6) is 0 Å². The van der Waals surface area contributed by atoms with Gasteiger partial charge in [0.15, 0.2) is 5.78 Å². The number of nitrogens with one attached hydrogen (secondary N) is 1. The summed E-state index contributed by atoms with van der Waals surface area (Å²) in [7, 11) is 0. The predicted octanol–water partition coefficient (Wildman–Crippen LogP) is 2.53.